The second kappa shape index (κ2) is 4.02. The van der Waals surface area contributed by atoms with Crippen molar-refractivity contribution in [3.05, 3.63) is 23.8 Å². The smallest absolute Gasteiger partial charge is 0.247 e. The number of benzene rings is 1. The highest BCUT2D eigenvalue weighted by Crippen LogP contribution is 2.38. The van der Waals surface area contributed by atoms with Crippen molar-refractivity contribution in [3.8, 4) is 6.07 Å². The van der Waals surface area contributed by atoms with Crippen LogP contribution in [0.4, 0.5) is 11.4 Å². The Kier molecular flexibility index (Phi) is 2.48. The second-order valence-electron chi connectivity index (χ2n) is 5.09. The summed E-state index contributed by atoms with van der Waals surface area (Å²) < 4.78 is 0. The molecule has 4 heteroatoms. The van der Waals surface area contributed by atoms with Crippen molar-refractivity contribution in [1.29, 1.82) is 5.26 Å². The Morgan fingerprint density at radius 3 is 3.11 bits per heavy atom. The number of carbonyl (C=O) groups excluding carboxylic acids is 1. The molecule has 0 saturated carbocycles. The van der Waals surface area contributed by atoms with Gasteiger partial charge in [-0.1, -0.05) is 6.92 Å². The van der Waals surface area contributed by atoms with Crippen LogP contribution in [-0.2, 0) is 4.79 Å². The van der Waals surface area contributed by atoms with Gasteiger partial charge in [0.25, 0.3) is 0 Å². The SMILES string of the molecule is CC1CCCN2c3cc(C#N)ccc3NC(=O)C12. The molecule has 18 heavy (non-hydrogen) atoms. The minimum absolute atomic E-state index is 0.0828. The molecule has 2 atom stereocenters. The van der Waals surface area contributed by atoms with Gasteiger partial charge in [0, 0.05) is 6.54 Å². The fraction of sp³-hybridized carbons (Fsp3) is 0.429. The molecule has 2 unspecified atom stereocenters. The van der Waals surface area contributed by atoms with Crippen LogP contribution in [0.5, 0.6) is 0 Å². The first kappa shape index (κ1) is 11.1. The molecule has 1 saturated heterocycles. The molecule has 2 heterocycles. The van der Waals surface area contributed by atoms with Crippen LogP contribution in [0.25, 0.3) is 0 Å². The first-order valence-electron chi connectivity index (χ1n) is 6.32. The Balaban J connectivity index is 2.09. The molecule has 1 fully saturated rings. The fourth-order valence-corrected chi connectivity index (χ4v) is 3.01. The van der Waals surface area contributed by atoms with E-state index in [1.54, 1.807) is 6.07 Å². The van der Waals surface area contributed by atoms with Crippen LogP contribution in [0, 0.1) is 17.2 Å². The molecular formula is C14H15N3O. The van der Waals surface area contributed by atoms with Gasteiger partial charge in [-0.15, -0.1) is 0 Å². The van der Waals surface area contributed by atoms with E-state index >= 15 is 0 Å². The molecule has 0 aromatic heterocycles. The molecule has 2 aliphatic heterocycles. The highest BCUT2D eigenvalue weighted by molar-refractivity contribution is 6.04. The Labute approximate surface area is 106 Å². The van der Waals surface area contributed by atoms with Gasteiger partial charge in [-0.25, -0.2) is 0 Å². The monoisotopic (exact) mass is 241 g/mol. The average molecular weight is 241 g/mol. The van der Waals surface area contributed by atoms with E-state index in [9.17, 15) is 4.79 Å². The van der Waals surface area contributed by atoms with E-state index < -0.39 is 0 Å². The van der Waals surface area contributed by atoms with Crippen LogP contribution in [0.1, 0.15) is 25.3 Å². The van der Waals surface area contributed by atoms with E-state index in [1.165, 1.54) is 0 Å². The summed E-state index contributed by atoms with van der Waals surface area (Å²) in [5.74, 6) is 0.442. The van der Waals surface area contributed by atoms with E-state index in [-0.39, 0.29) is 11.9 Å². The zero-order valence-corrected chi connectivity index (χ0v) is 10.3. The molecule has 2 aliphatic rings. The maximum atomic E-state index is 12.1. The summed E-state index contributed by atoms with van der Waals surface area (Å²) in [6, 6.07) is 7.51. The third kappa shape index (κ3) is 1.55. The Morgan fingerprint density at radius 2 is 2.33 bits per heavy atom. The number of nitrogens with zero attached hydrogens (tertiary/aromatic N) is 2. The predicted octanol–water partition coefficient (Wildman–Crippen LogP) is 2.12. The van der Waals surface area contributed by atoms with Crippen molar-refractivity contribution in [3.63, 3.8) is 0 Å². The topological polar surface area (TPSA) is 56.1 Å². The number of nitrogens with one attached hydrogen (secondary N) is 1. The molecule has 0 bridgehead atoms. The minimum atomic E-state index is -0.0832. The molecule has 0 spiro atoms. The quantitative estimate of drug-likeness (QED) is 0.757. The zero-order valence-electron chi connectivity index (χ0n) is 10.3. The van der Waals surface area contributed by atoms with E-state index in [0.717, 1.165) is 30.8 Å². The fourth-order valence-electron chi connectivity index (χ4n) is 3.01. The number of hydrogen-bond acceptors (Lipinski definition) is 3. The van der Waals surface area contributed by atoms with Gasteiger partial charge in [0.2, 0.25) is 5.91 Å². The number of amides is 1. The summed E-state index contributed by atoms with van der Waals surface area (Å²) >= 11 is 0. The molecule has 0 aliphatic carbocycles. The lowest BCUT2D eigenvalue weighted by molar-refractivity contribution is -0.119. The lowest BCUT2D eigenvalue weighted by Gasteiger charge is -2.44. The Hall–Kier alpha value is -2.02. The number of hydrogen-bond donors (Lipinski definition) is 1. The lowest BCUT2D eigenvalue weighted by Crippen LogP contribution is -2.54. The number of anilines is 2. The third-order valence-corrected chi connectivity index (χ3v) is 3.90. The molecule has 4 nitrogen and oxygen atoms in total. The van der Waals surface area contributed by atoms with Crippen molar-refractivity contribution in [1.82, 2.24) is 0 Å². The van der Waals surface area contributed by atoms with Gasteiger partial charge in [-0.05, 0) is 37.0 Å². The Morgan fingerprint density at radius 1 is 1.50 bits per heavy atom. The summed E-state index contributed by atoms with van der Waals surface area (Å²) in [7, 11) is 0. The van der Waals surface area contributed by atoms with E-state index in [4.69, 9.17) is 5.26 Å². The highest BCUT2D eigenvalue weighted by atomic mass is 16.2. The van der Waals surface area contributed by atoms with Crippen LogP contribution in [0.2, 0.25) is 0 Å². The van der Waals surface area contributed by atoms with Crippen molar-refractivity contribution in [2.45, 2.75) is 25.8 Å². The minimum Gasteiger partial charge on any atom is -0.358 e. The van der Waals surface area contributed by atoms with Gasteiger partial charge in [0.1, 0.15) is 6.04 Å². The third-order valence-electron chi connectivity index (χ3n) is 3.90. The number of carbonyl (C=O) groups is 1. The van der Waals surface area contributed by atoms with Crippen molar-refractivity contribution in [2.75, 3.05) is 16.8 Å². The van der Waals surface area contributed by atoms with Crippen LogP contribution >= 0.6 is 0 Å². The number of fused-ring (bicyclic) bond motifs is 3. The summed E-state index contributed by atoms with van der Waals surface area (Å²) in [5, 5.41) is 11.9. The van der Waals surface area contributed by atoms with Crippen molar-refractivity contribution >= 4 is 17.3 Å². The number of nitriles is 1. The molecule has 0 radical (unpaired) electrons. The maximum absolute atomic E-state index is 12.1. The van der Waals surface area contributed by atoms with Gasteiger partial charge < -0.3 is 10.2 Å². The molecule has 1 aromatic carbocycles. The molecule has 3 rings (SSSR count). The molecular weight excluding hydrogens is 226 g/mol. The highest BCUT2D eigenvalue weighted by Gasteiger charge is 2.38. The van der Waals surface area contributed by atoms with Crippen LogP contribution in [0.15, 0.2) is 18.2 Å². The Bertz CT molecular complexity index is 546. The van der Waals surface area contributed by atoms with E-state index in [1.807, 2.05) is 12.1 Å². The number of rotatable bonds is 0. The molecule has 1 N–H and O–H groups in total. The van der Waals surface area contributed by atoms with Gasteiger partial charge in [0.05, 0.1) is 23.0 Å². The van der Waals surface area contributed by atoms with Crippen LogP contribution in [0.3, 0.4) is 0 Å². The largest absolute Gasteiger partial charge is 0.358 e. The number of piperidine rings is 1. The predicted molar refractivity (Wildman–Crippen MR) is 69.3 cm³/mol. The van der Waals surface area contributed by atoms with Crippen molar-refractivity contribution < 1.29 is 4.79 Å². The average Bonchev–Trinajstić information content (AvgIpc) is 2.38. The molecule has 1 amide bonds. The van der Waals surface area contributed by atoms with E-state index in [2.05, 4.69) is 23.2 Å². The lowest BCUT2D eigenvalue weighted by atomic mass is 9.88. The van der Waals surface area contributed by atoms with Gasteiger partial charge in [0.15, 0.2) is 0 Å². The van der Waals surface area contributed by atoms with Gasteiger partial charge in [-0.2, -0.15) is 5.26 Å². The van der Waals surface area contributed by atoms with E-state index in [0.29, 0.717) is 11.5 Å². The van der Waals surface area contributed by atoms with Gasteiger partial charge >= 0.3 is 0 Å². The summed E-state index contributed by atoms with van der Waals surface area (Å²) in [4.78, 5) is 14.3. The van der Waals surface area contributed by atoms with Crippen LogP contribution < -0.4 is 10.2 Å². The molecule has 92 valence electrons. The molecule has 1 aromatic rings. The van der Waals surface area contributed by atoms with Gasteiger partial charge in [-0.3, -0.25) is 4.79 Å². The summed E-state index contributed by atoms with van der Waals surface area (Å²) in [5.41, 5.74) is 2.46. The standard InChI is InChI=1S/C14H15N3O/c1-9-3-2-6-17-12-7-10(8-15)4-5-11(12)16-14(18)13(9)17/h4-5,7,9,13H,2-3,6H2,1H3,(H,16,18). The van der Waals surface area contributed by atoms with Crippen LogP contribution in [-0.4, -0.2) is 18.5 Å². The second-order valence-corrected chi connectivity index (χ2v) is 5.09. The zero-order chi connectivity index (χ0) is 12.7. The maximum Gasteiger partial charge on any atom is 0.247 e. The summed E-state index contributed by atoms with van der Waals surface area (Å²) in [6.45, 7) is 3.01. The first-order chi connectivity index (χ1) is 8.70. The normalized spacial score (nSPS) is 25.8. The summed E-state index contributed by atoms with van der Waals surface area (Å²) in [6.07, 6.45) is 2.18. The van der Waals surface area contributed by atoms with Crippen molar-refractivity contribution in [2.24, 2.45) is 5.92 Å². The first-order valence-corrected chi connectivity index (χ1v) is 6.32.